The van der Waals surface area contributed by atoms with Gasteiger partial charge in [0.1, 0.15) is 5.82 Å². The van der Waals surface area contributed by atoms with Crippen LogP contribution in [0.4, 0.5) is 10.1 Å². The van der Waals surface area contributed by atoms with E-state index < -0.39 is 0 Å². The van der Waals surface area contributed by atoms with Crippen LogP contribution in [0.25, 0.3) is 0 Å². The third-order valence-electron chi connectivity index (χ3n) is 4.55. The first kappa shape index (κ1) is 14.6. The van der Waals surface area contributed by atoms with Gasteiger partial charge < -0.3 is 10.1 Å². The van der Waals surface area contributed by atoms with Gasteiger partial charge in [0.05, 0.1) is 5.60 Å². The standard InChI is InChI=1S/C16H21FINO/c17-12-4-5-15(14(18)10-12)19-13-6-9-20-16(11-13)7-2-1-3-8-16/h4-5,10,13,19H,1-3,6-9,11H2. The van der Waals surface area contributed by atoms with Crippen LogP contribution in [0.1, 0.15) is 44.9 Å². The maximum Gasteiger partial charge on any atom is 0.124 e. The molecule has 1 N–H and O–H groups in total. The first-order chi connectivity index (χ1) is 9.67. The Hall–Kier alpha value is -0.360. The van der Waals surface area contributed by atoms with E-state index in [2.05, 4.69) is 27.9 Å². The van der Waals surface area contributed by atoms with Crippen LogP contribution in [-0.4, -0.2) is 18.2 Å². The second-order valence-corrected chi connectivity index (χ2v) is 7.21. The average Bonchev–Trinajstić information content (AvgIpc) is 2.43. The van der Waals surface area contributed by atoms with Gasteiger partial charge >= 0.3 is 0 Å². The zero-order valence-electron chi connectivity index (χ0n) is 11.6. The molecule has 20 heavy (non-hydrogen) atoms. The normalized spacial score (nSPS) is 25.6. The average molecular weight is 389 g/mol. The lowest BCUT2D eigenvalue weighted by atomic mass is 9.78. The van der Waals surface area contributed by atoms with E-state index in [1.54, 1.807) is 6.07 Å². The van der Waals surface area contributed by atoms with E-state index in [4.69, 9.17) is 4.74 Å². The summed E-state index contributed by atoms with van der Waals surface area (Å²) in [5, 5.41) is 3.59. The molecule has 2 aliphatic rings. The van der Waals surface area contributed by atoms with Gasteiger partial charge in [-0.15, -0.1) is 0 Å². The molecule has 1 saturated carbocycles. The minimum atomic E-state index is -0.171. The minimum absolute atomic E-state index is 0.111. The van der Waals surface area contributed by atoms with Crippen molar-refractivity contribution in [3.8, 4) is 0 Å². The van der Waals surface area contributed by atoms with Crippen LogP contribution in [0.5, 0.6) is 0 Å². The number of nitrogens with one attached hydrogen (secondary N) is 1. The molecule has 0 bridgehead atoms. The lowest BCUT2D eigenvalue weighted by molar-refractivity contribution is -0.103. The van der Waals surface area contributed by atoms with Crippen LogP contribution in [0.3, 0.4) is 0 Å². The predicted molar refractivity (Wildman–Crippen MR) is 87.5 cm³/mol. The van der Waals surface area contributed by atoms with Crippen molar-refractivity contribution >= 4 is 28.3 Å². The Morgan fingerprint density at radius 1 is 1.25 bits per heavy atom. The fraction of sp³-hybridized carbons (Fsp3) is 0.625. The molecule has 2 fully saturated rings. The van der Waals surface area contributed by atoms with Gasteiger partial charge in [-0.2, -0.15) is 0 Å². The Balaban J connectivity index is 1.68. The van der Waals surface area contributed by atoms with Crippen molar-refractivity contribution in [1.82, 2.24) is 0 Å². The van der Waals surface area contributed by atoms with Gasteiger partial charge in [0.2, 0.25) is 0 Å². The molecule has 1 aliphatic heterocycles. The first-order valence-electron chi connectivity index (χ1n) is 7.52. The van der Waals surface area contributed by atoms with Crippen molar-refractivity contribution in [3.63, 3.8) is 0 Å². The molecule has 0 aromatic heterocycles. The molecule has 0 radical (unpaired) electrons. The van der Waals surface area contributed by atoms with Gasteiger partial charge in [0.25, 0.3) is 0 Å². The van der Waals surface area contributed by atoms with Crippen LogP contribution in [0.15, 0.2) is 18.2 Å². The smallest absolute Gasteiger partial charge is 0.124 e. The number of hydrogen-bond acceptors (Lipinski definition) is 2. The number of benzene rings is 1. The van der Waals surface area contributed by atoms with Crippen LogP contribution < -0.4 is 5.32 Å². The van der Waals surface area contributed by atoms with Gasteiger partial charge in [0, 0.05) is 21.9 Å². The summed E-state index contributed by atoms with van der Waals surface area (Å²) >= 11 is 2.19. The molecule has 0 amide bonds. The number of halogens is 2. The highest BCUT2D eigenvalue weighted by Gasteiger charge is 2.38. The fourth-order valence-electron chi connectivity index (χ4n) is 3.52. The Labute approximate surface area is 133 Å². The molecular formula is C16H21FINO. The molecule has 2 nitrogen and oxygen atoms in total. The zero-order chi connectivity index (χ0) is 14.0. The molecule has 4 heteroatoms. The topological polar surface area (TPSA) is 21.3 Å². The van der Waals surface area contributed by atoms with Gasteiger partial charge in [-0.25, -0.2) is 4.39 Å². The van der Waals surface area contributed by atoms with E-state index in [0.717, 1.165) is 28.7 Å². The number of anilines is 1. The maximum absolute atomic E-state index is 13.2. The van der Waals surface area contributed by atoms with Crippen molar-refractivity contribution in [3.05, 3.63) is 27.6 Å². The molecule has 3 rings (SSSR count). The molecule has 1 unspecified atom stereocenters. The Kier molecular flexibility index (Phi) is 4.50. The molecule has 110 valence electrons. The molecule has 1 heterocycles. The van der Waals surface area contributed by atoms with E-state index in [0.29, 0.717) is 6.04 Å². The highest BCUT2D eigenvalue weighted by Crippen LogP contribution is 2.39. The summed E-state index contributed by atoms with van der Waals surface area (Å²) in [7, 11) is 0. The summed E-state index contributed by atoms with van der Waals surface area (Å²) in [6, 6.07) is 5.40. The van der Waals surface area contributed by atoms with Crippen molar-refractivity contribution < 1.29 is 9.13 Å². The molecule has 1 aliphatic carbocycles. The third kappa shape index (κ3) is 3.27. The van der Waals surface area contributed by atoms with Gasteiger partial charge in [0.15, 0.2) is 0 Å². The lowest BCUT2D eigenvalue weighted by Gasteiger charge is -2.44. The van der Waals surface area contributed by atoms with E-state index in [1.165, 1.54) is 38.2 Å². The van der Waals surface area contributed by atoms with Crippen LogP contribution >= 0.6 is 22.6 Å². The van der Waals surface area contributed by atoms with Crippen LogP contribution in [0.2, 0.25) is 0 Å². The summed E-state index contributed by atoms with van der Waals surface area (Å²) < 4.78 is 20.2. The molecule has 1 spiro atoms. The van der Waals surface area contributed by atoms with Gasteiger partial charge in [-0.05, 0) is 66.5 Å². The highest BCUT2D eigenvalue weighted by atomic mass is 127. The Morgan fingerprint density at radius 2 is 2.05 bits per heavy atom. The minimum Gasteiger partial charge on any atom is -0.381 e. The monoisotopic (exact) mass is 389 g/mol. The molecule has 1 saturated heterocycles. The highest BCUT2D eigenvalue weighted by molar-refractivity contribution is 14.1. The quantitative estimate of drug-likeness (QED) is 0.739. The second kappa shape index (κ2) is 6.18. The lowest BCUT2D eigenvalue weighted by Crippen LogP contribution is -2.45. The van der Waals surface area contributed by atoms with Crippen LogP contribution in [-0.2, 0) is 4.74 Å². The zero-order valence-corrected chi connectivity index (χ0v) is 13.8. The molecular weight excluding hydrogens is 368 g/mol. The largest absolute Gasteiger partial charge is 0.381 e. The summed E-state index contributed by atoms with van der Waals surface area (Å²) in [5.74, 6) is -0.171. The molecule has 1 aromatic carbocycles. The fourth-order valence-corrected chi connectivity index (χ4v) is 4.15. The van der Waals surface area contributed by atoms with E-state index in [1.807, 2.05) is 6.07 Å². The summed E-state index contributed by atoms with van der Waals surface area (Å²) in [6.07, 6.45) is 8.45. The van der Waals surface area contributed by atoms with E-state index in [-0.39, 0.29) is 11.4 Å². The first-order valence-corrected chi connectivity index (χ1v) is 8.60. The van der Waals surface area contributed by atoms with Crippen molar-refractivity contribution in [2.45, 2.75) is 56.6 Å². The number of rotatable bonds is 2. The van der Waals surface area contributed by atoms with E-state index >= 15 is 0 Å². The number of hydrogen-bond donors (Lipinski definition) is 1. The Morgan fingerprint density at radius 3 is 2.80 bits per heavy atom. The van der Waals surface area contributed by atoms with Gasteiger partial charge in [-0.3, -0.25) is 0 Å². The van der Waals surface area contributed by atoms with Gasteiger partial charge in [-0.1, -0.05) is 19.3 Å². The summed E-state index contributed by atoms with van der Waals surface area (Å²) in [5.41, 5.74) is 1.16. The van der Waals surface area contributed by atoms with Crippen molar-refractivity contribution in [2.24, 2.45) is 0 Å². The molecule has 1 atom stereocenters. The van der Waals surface area contributed by atoms with Crippen molar-refractivity contribution in [2.75, 3.05) is 11.9 Å². The SMILES string of the molecule is Fc1ccc(NC2CCOC3(CCCCC3)C2)c(I)c1. The summed E-state index contributed by atoms with van der Waals surface area (Å²) in [6.45, 7) is 0.843. The Bertz CT molecular complexity index is 468. The predicted octanol–water partition coefficient (Wildman–Crippen LogP) is 4.72. The van der Waals surface area contributed by atoms with Crippen molar-refractivity contribution in [1.29, 1.82) is 0 Å². The maximum atomic E-state index is 13.2. The number of ether oxygens (including phenoxy) is 1. The molecule has 1 aromatic rings. The second-order valence-electron chi connectivity index (χ2n) is 6.05. The summed E-state index contributed by atoms with van der Waals surface area (Å²) in [4.78, 5) is 0. The third-order valence-corrected chi connectivity index (χ3v) is 5.44. The van der Waals surface area contributed by atoms with E-state index in [9.17, 15) is 4.39 Å². The van der Waals surface area contributed by atoms with Crippen LogP contribution in [0, 0.1) is 9.39 Å².